The second-order valence-electron chi connectivity index (χ2n) is 5.12. The molecule has 0 aromatic carbocycles. The van der Waals surface area contributed by atoms with Crippen molar-refractivity contribution in [2.24, 2.45) is 5.73 Å². The molecule has 0 saturated heterocycles. The van der Waals surface area contributed by atoms with Gasteiger partial charge in [-0.15, -0.1) is 0 Å². The molecule has 0 saturated carbocycles. The van der Waals surface area contributed by atoms with Gasteiger partial charge in [0, 0.05) is 18.3 Å². The van der Waals surface area contributed by atoms with Gasteiger partial charge in [0.1, 0.15) is 12.1 Å². The Morgan fingerprint density at radius 1 is 1.25 bits per heavy atom. The highest BCUT2D eigenvalue weighted by Gasteiger charge is 2.26. The van der Waals surface area contributed by atoms with Gasteiger partial charge in [0.25, 0.3) is 0 Å². The van der Waals surface area contributed by atoms with Gasteiger partial charge in [-0.2, -0.15) is 0 Å². The zero-order chi connectivity index (χ0) is 18.3. The summed E-state index contributed by atoms with van der Waals surface area (Å²) in [7, 11) is 0. The highest BCUT2D eigenvalue weighted by molar-refractivity contribution is 5.92. The number of carbonyl (C=O) groups excluding carboxylic acids is 2. The van der Waals surface area contributed by atoms with Gasteiger partial charge in [-0.25, -0.2) is 9.78 Å². The average molecular weight is 341 g/mol. The minimum absolute atomic E-state index is 0.0136. The molecule has 0 aliphatic heterocycles. The molecule has 0 radical (unpaired) electrons. The Bertz CT molecular complexity index is 602. The number of nitrogens with one attached hydrogen (secondary N) is 3. The molecule has 24 heavy (non-hydrogen) atoms. The van der Waals surface area contributed by atoms with Crippen molar-refractivity contribution in [3.8, 4) is 0 Å². The number of nitrogens with two attached hydrogens (primary N) is 1. The number of hydrogen-bond acceptors (Lipinski definition) is 6. The molecule has 0 spiro atoms. The van der Waals surface area contributed by atoms with Crippen molar-refractivity contribution in [3.63, 3.8) is 0 Å². The number of carboxylic acids is 2. The third-order valence-electron chi connectivity index (χ3n) is 3.08. The fraction of sp³-hybridized carbons (Fsp3) is 0.462. The first-order valence-corrected chi connectivity index (χ1v) is 6.99. The first-order chi connectivity index (χ1) is 11.2. The highest BCUT2D eigenvalue weighted by Crippen LogP contribution is 2.00. The molecule has 11 heteroatoms. The molecule has 2 amide bonds. The smallest absolute Gasteiger partial charge is 0.326 e. The summed E-state index contributed by atoms with van der Waals surface area (Å²) in [5.74, 6) is -4.06. The largest absolute Gasteiger partial charge is 0.481 e. The van der Waals surface area contributed by atoms with E-state index in [4.69, 9.17) is 15.9 Å². The minimum Gasteiger partial charge on any atom is -0.481 e. The maximum atomic E-state index is 12.0. The number of aliphatic carboxylic acids is 2. The third-order valence-corrected chi connectivity index (χ3v) is 3.08. The van der Waals surface area contributed by atoms with E-state index in [-0.39, 0.29) is 6.42 Å². The van der Waals surface area contributed by atoms with Gasteiger partial charge >= 0.3 is 11.9 Å². The number of H-pyrrole nitrogens is 1. The van der Waals surface area contributed by atoms with Crippen LogP contribution < -0.4 is 16.4 Å². The van der Waals surface area contributed by atoms with Gasteiger partial charge in [-0.05, 0) is 6.92 Å². The van der Waals surface area contributed by atoms with E-state index in [2.05, 4.69) is 20.6 Å². The van der Waals surface area contributed by atoms with Crippen LogP contribution in [0.2, 0.25) is 0 Å². The van der Waals surface area contributed by atoms with Crippen molar-refractivity contribution in [3.05, 3.63) is 18.2 Å². The van der Waals surface area contributed by atoms with Crippen LogP contribution in [0.4, 0.5) is 0 Å². The molecule has 0 bridgehead atoms. The van der Waals surface area contributed by atoms with Gasteiger partial charge in [-0.1, -0.05) is 0 Å². The van der Waals surface area contributed by atoms with E-state index in [1.165, 1.54) is 19.4 Å². The Kier molecular flexibility index (Phi) is 6.86. The second-order valence-corrected chi connectivity index (χ2v) is 5.12. The number of aromatic nitrogens is 2. The van der Waals surface area contributed by atoms with Gasteiger partial charge in [0.2, 0.25) is 11.8 Å². The summed E-state index contributed by atoms with van der Waals surface area (Å²) in [4.78, 5) is 51.8. The van der Waals surface area contributed by atoms with E-state index < -0.39 is 48.3 Å². The van der Waals surface area contributed by atoms with Crippen LogP contribution in [0, 0.1) is 0 Å². The number of carbonyl (C=O) groups is 4. The zero-order valence-electron chi connectivity index (χ0n) is 12.9. The molecule has 0 aliphatic carbocycles. The van der Waals surface area contributed by atoms with E-state index in [0.29, 0.717) is 5.69 Å². The molecule has 3 unspecified atom stereocenters. The van der Waals surface area contributed by atoms with Crippen molar-refractivity contribution in [2.75, 3.05) is 0 Å². The van der Waals surface area contributed by atoms with Crippen LogP contribution in [0.5, 0.6) is 0 Å². The molecule has 1 rings (SSSR count). The van der Waals surface area contributed by atoms with E-state index >= 15 is 0 Å². The Morgan fingerprint density at radius 3 is 2.42 bits per heavy atom. The number of aromatic amines is 1. The third kappa shape index (κ3) is 6.04. The monoisotopic (exact) mass is 341 g/mol. The first kappa shape index (κ1) is 19.1. The number of imidazole rings is 1. The van der Waals surface area contributed by atoms with E-state index in [1.54, 1.807) is 0 Å². The molecule has 7 N–H and O–H groups in total. The molecular weight excluding hydrogens is 322 g/mol. The standard InChI is InChI=1S/C13H19N5O6/c1-6(17-12(22)8(14)3-10(19)20)11(21)18-9(13(23)24)2-7-4-15-5-16-7/h4-6,8-9H,2-3,14H2,1H3,(H,15,16)(H,17,22)(H,18,21)(H,19,20)(H,23,24). The lowest BCUT2D eigenvalue weighted by Gasteiger charge is -2.19. The van der Waals surface area contributed by atoms with Gasteiger partial charge < -0.3 is 31.6 Å². The van der Waals surface area contributed by atoms with Crippen LogP contribution in [0.15, 0.2) is 12.5 Å². The quantitative estimate of drug-likeness (QED) is 0.292. The molecule has 11 nitrogen and oxygen atoms in total. The molecular formula is C13H19N5O6. The Balaban J connectivity index is 2.58. The van der Waals surface area contributed by atoms with E-state index in [1.807, 2.05) is 0 Å². The van der Waals surface area contributed by atoms with Crippen LogP contribution >= 0.6 is 0 Å². The van der Waals surface area contributed by atoms with Crippen LogP contribution in [-0.4, -0.2) is 62.1 Å². The van der Waals surface area contributed by atoms with E-state index in [9.17, 15) is 19.2 Å². The number of carboxylic acid groups (broad SMARTS) is 2. The molecule has 1 heterocycles. The summed E-state index contributed by atoms with van der Waals surface area (Å²) in [5, 5.41) is 22.2. The molecule has 132 valence electrons. The Hall–Kier alpha value is -2.95. The van der Waals surface area contributed by atoms with Crippen LogP contribution in [0.3, 0.4) is 0 Å². The van der Waals surface area contributed by atoms with Gasteiger partial charge in [0.15, 0.2) is 0 Å². The summed E-state index contributed by atoms with van der Waals surface area (Å²) >= 11 is 0. The molecule has 1 aromatic heterocycles. The predicted octanol–water partition coefficient (Wildman–Crippen LogP) is -2.17. The van der Waals surface area contributed by atoms with E-state index in [0.717, 1.165) is 0 Å². The predicted molar refractivity (Wildman–Crippen MR) is 79.7 cm³/mol. The first-order valence-electron chi connectivity index (χ1n) is 6.99. The minimum atomic E-state index is -1.31. The van der Waals surface area contributed by atoms with Crippen LogP contribution in [-0.2, 0) is 25.6 Å². The van der Waals surface area contributed by atoms with Crippen molar-refractivity contribution in [1.82, 2.24) is 20.6 Å². The maximum absolute atomic E-state index is 12.0. The van der Waals surface area contributed by atoms with Crippen molar-refractivity contribution < 1.29 is 29.4 Å². The summed E-state index contributed by atoms with van der Waals surface area (Å²) in [6.45, 7) is 1.33. The average Bonchev–Trinajstić information content (AvgIpc) is 2.98. The van der Waals surface area contributed by atoms with Crippen LogP contribution in [0.1, 0.15) is 19.0 Å². The number of nitrogens with zero attached hydrogens (tertiary/aromatic N) is 1. The zero-order valence-corrected chi connectivity index (χ0v) is 12.9. The maximum Gasteiger partial charge on any atom is 0.326 e. The Morgan fingerprint density at radius 2 is 1.92 bits per heavy atom. The Labute approximate surface area is 136 Å². The molecule has 0 fully saturated rings. The topological polar surface area (TPSA) is 188 Å². The van der Waals surface area contributed by atoms with Gasteiger partial charge in [-0.3, -0.25) is 14.4 Å². The molecule has 1 aromatic rings. The highest BCUT2D eigenvalue weighted by atomic mass is 16.4. The molecule has 3 atom stereocenters. The number of amides is 2. The SMILES string of the molecule is CC(NC(=O)C(N)CC(=O)O)C(=O)NC(Cc1cnc[nH]1)C(=O)O. The fourth-order valence-corrected chi connectivity index (χ4v) is 1.78. The summed E-state index contributed by atoms with van der Waals surface area (Å²) in [5.41, 5.74) is 5.89. The fourth-order valence-electron chi connectivity index (χ4n) is 1.78. The van der Waals surface area contributed by atoms with Crippen LogP contribution in [0.25, 0.3) is 0 Å². The second kappa shape index (κ2) is 8.62. The summed E-state index contributed by atoms with van der Waals surface area (Å²) in [6, 6.07) is -3.61. The summed E-state index contributed by atoms with van der Waals surface area (Å²) < 4.78 is 0. The normalized spacial score (nSPS) is 14.2. The van der Waals surface area contributed by atoms with Gasteiger partial charge in [0.05, 0.1) is 18.8 Å². The number of hydrogen-bond donors (Lipinski definition) is 6. The van der Waals surface area contributed by atoms with Crippen molar-refractivity contribution in [1.29, 1.82) is 0 Å². The molecule has 0 aliphatic rings. The van der Waals surface area contributed by atoms with Crippen molar-refractivity contribution in [2.45, 2.75) is 37.9 Å². The lowest BCUT2D eigenvalue weighted by atomic mass is 10.1. The lowest BCUT2D eigenvalue weighted by molar-refractivity contribution is -0.142. The summed E-state index contributed by atoms with van der Waals surface area (Å²) in [6.07, 6.45) is 2.21. The lowest BCUT2D eigenvalue weighted by Crippen LogP contribution is -2.54. The van der Waals surface area contributed by atoms with Crippen molar-refractivity contribution >= 4 is 23.8 Å². The number of rotatable bonds is 9.